The van der Waals surface area contributed by atoms with Gasteiger partial charge in [0, 0.05) is 18.0 Å². The van der Waals surface area contributed by atoms with Crippen molar-refractivity contribution in [2.75, 3.05) is 6.73 Å². The molecule has 0 N–H and O–H groups in total. The average Bonchev–Trinajstić information content (AvgIpc) is 2.61. The minimum Gasteiger partial charge on any atom is -0.478 e. The van der Waals surface area contributed by atoms with Crippen LogP contribution in [0.15, 0.2) is 57.7 Å². The molecule has 0 bridgehead atoms. The predicted molar refractivity (Wildman–Crippen MR) is 94.1 cm³/mol. The number of fused-ring (bicyclic) bond motifs is 3. The Bertz CT molecular complexity index is 944. The van der Waals surface area contributed by atoms with Crippen molar-refractivity contribution in [3.05, 3.63) is 64.5 Å². The molecule has 4 heteroatoms. The van der Waals surface area contributed by atoms with Crippen molar-refractivity contribution in [3.8, 4) is 16.9 Å². The summed E-state index contributed by atoms with van der Waals surface area (Å²) in [6, 6.07) is 15.8. The molecule has 3 aromatic rings. The molecule has 0 aliphatic carbocycles. The van der Waals surface area contributed by atoms with Gasteiger partial charge in [-0.05, 0) is 37.6 Å². The van der Waals surface area contributed by atoms with E-state index in [-0.39, 0.29) is 5.63 Å². The molecule has 0 radical (unpaired) electrons. The third-order valence-electron chi connectivity index (χ3n) is 4.52. The minimum atomic E-state index is -0.316. The van der Waals surface area contributed by atoms with E-state index in [4.69, 9.17) is 9.15 Å². The van der Waals surface area contributed by atoms with Crippen LogP contribution in [0, 0.1) is 0 Å². The van der Waals surface area contributed by atoms with Gasteiger partial charge in [-0.1, -0.05) is 30.3 Å². The summed E-state index contributed by atoms with van der Waals surface area (Å²) >= 11 is 0. The van der Waals surface area contributed by atoms with Crippen molar-refractivity contribution >= 4 is 11.0 Å². The lowest BCUT2D eigenvalue weighted by molar-refractivity contribution is 0.0689. The third-order valence-corrected chi connectivity index (χ3v) is 4.52. The first-order valence-electron chi connectivity index (χ1n) is 8.15. The molecule has 0 spiro atoms. The number of nitrogens with zero attached hydrogens (tertiary/aromatic N) is 1. The normalized spacial score (nSPS) is 14.6. The molecule has 1 aliphatic heterocycles. The van der Waals surface area contributed by atoms with E-state index in [1.54, 1.807) is 0 Å². The second-order valence-corrected chi connectivity index (χ2v) is 6.39. The van der Waals surface area contributed by atoms with Crippen LogP contribution in [0.25, 0.3) is 22.1 Å². The molecule has 24 heavy (non-hydrogen) atoms. The largest absolute Gasteiger partial charge is 0.478 e. The average molecular weight is 321 g/mol. The molecule has 0 saturated heterocycles. The third kappa shape index (κ3) is 2.49. The van der Waals surface area contributed by atoms with Gasteiger partial charge >= 0.3 is 5.63 Å². The van der Waals surface area contributed by atoms with E-state index in [0.717, 1.165) is 28.8 Å². The van der Waals surface area contributed by atoms with Gasteiger partial charge in [0.1, 0.15) is 18.1 Å². The summed E-state index contributed by atoms with van der Waals surface area (Å²) in [4.78, 5) is 14.7. The Morgan fingerprint density at radius 1 is 1.08 bits per heavy atom. The van der Waals surface area contributed by atoms with Crippen molar-refractivity contribution in [2.24, 2.45) is 0 Å². The van der Waals surface area contributed by atoms with Gasteiger partial charge in [-0.3, -0.25) is 4.90 Å². The van der Waals surface area contributed by atoms with Crippen molar-refractivity contribution in [1.29, 1.82) is 0 Å². The van der Waals surface area contributed by atoms with E-state index in [0.29, 0.717) is 23.9 Å². The molecule has 1 aromatic heterocycles. The Balaban J connectivity index is 1.88. The summed E-state index contributed by atoms with van der Waals surface area (Å²) in [5, 5.41) is 0.918. The van der Waals surface area contributed by atoms with Crippen LogP contribution in [0.3, 0.4) is 0 Å². The minimum absolute atomic E-state index is 0.316. The van der Waals surface area contributed by atoms with Crippen molar-refractivity contribution in [2.45, 2.75) is 26.4 Å². The van der Waals surface area contributed by atoms with Gasteiger partial charge in [0.05, 0.1) is 11.1 Å². The molecular formula is C20H19NO3. The number of hydrogen-bond acceptors (Lipinski definition) is 4. The Hall–Kier alpha value is -2.59. The van der Waals surface area contributed by atoms with Crippen molar-refractivity contribution < 1.29 is 9.15 Å². The SMILES string of the molecule is CC(C)N1COc2ccc3cc(-c4ccccc4)c(=O)oc3c2C1. The van der Waals surface area contributed by atoms with E-state index in [9.17, 15) is 4.79 Å². The maximum Gasteiger partial charge on any atom is 0.344 e. The van der Waals surface area contributed by atoms with Crippen LogP contribution in [-0.2, 0) is 6.54 Å². The van der Waals surface area contributed by atoms with E-state index in [1.807, 2.05) is 48.5 Å². The molecule has 0 atom stereocenters. The lowest BCUT2D eigenvalue weighted by atomic mass is 10.0. The highest BCUT2D eigenvalue weighted by Crippen LogP contribution is 2.33. The number of ether oxygens (including phenoxy) is 1. The first-order valence-corrected chi connectivity index (χ1v) is 8.15. The first kappa shape index (κ1) is 15.0. The maximum atomic E-state index is 12.5. The quantitative estimate of drug-likeness (QED) is 0.669. The molecule has 0 amide bonds. The number of hydrogen-bond donors (Lipinski definition) is 0. The summed E-state index contributed by atoms with van der Waals surface area (Å²) in [7, 11) is 0. The van der Waals surface area contributed by atoms with Gasteiger partial charge < -0.3 is 9.15 Å². The monoisotopic (exact) mass is 321 g/mol. The highest BCUT2D eigenvalue weighted by atomic mass is 16.5. The van der Waals surface area contributed by atoms with Gasteiger partial charge in [-0.2, -0.15) is 0 Å². The molecule has 0 fully saturated rings. The van der Waals surface area contributed by atoms with Gasteiger partial charge in [-0.25, -0.2) is 4.79 Å². The summed E-state index contributed by atoms with van der Waals surface area (Å²) < 4.78 is 11.5. The van der Waals surface area contributed by atoms with E-state index in [1.165, 1.54) is 0 Å². The van der Waals surface area contributed by atoms with E-state index in [2.05, 4.69) is 18.7 Å². The Morgan fingerprint density at radius 2 is 1.88 bits per heavy atom. The van der Waals surface area contributed by atoms with E-state index >= 15 is 0 Å². The van der Waals surface area contributed by atoms with Crippen LogP contribution in [0.1, 0.15) is 19.4 Å². The molecule has 4 rings (SSSR count). The van der Waals surface area contributed by atoms with Crippen molar-refractivity contribution in [3.63, 3.8) is 0 Å². The summed E-state index contributed by atoms with van der Waals surface area (Å²) in [6.07, 6.45) is 0. The van der Waals surface area contributed by atoms with Crippen molar-refractivity contribution in [1.82, 2.24) is 4.90 Å². The van der Waals surface area contributed by atoms with Crippen LogP contribution >= 0.6 is 0 Å². The summed E-state index contributed by atoms with van der Waals surface area (Å²) in [5.74, 6) is 0.801. The highest BCUT2D eigenvalue weighted by molar-refractivity contribution is 5.86. The summed E-state index contributed by atoms with van der Waals surface area (Å²) in [5.41, 5.74) is 2.71. The van der Waals surface area contributed by atoms with Crippen LogP contribution in [0.5, 0.6) is 5.75 Å². The molecule has 4 nitrogen and oxygen atoms in total. The van der Waals surface area contributed by atoms with Gasteiger partial charge in [0.2, 0.25) is 0 Å². The van der Waals surface area contributed by atoms with Crippen LogP contribution in [-0.4, -0.2) is 17.7 Å². The van der Waals surface area contributed by atoms with Gasteiger partial charge in [-0.15, -0.1) is 0 Å². The maximum absolute atomic E-state index is 12.5. The highest BCUT2D eigenvalue weighted by Gasteiger charge is 2.23. The molecule has 2 aromatic carbocycles. The lowest BCUT2D eigenvalue weighted by Gasteiger charge is -2.32. The zero-order valence-electron chi connectivity index (χ0n) is 13.8. The number of rotatable bonds is 2. The van der Waals surface area contributed by atoms with E-state index < -0.39 is 0 Å². The van der Waals surface area contributed by atoms with Crippen LogP contribution in [0.4, 0.5) is 0 Å². The topological polar surface area (TPSA) is 42.7 Å². The second kappa shape index (κ2) is 5.80. The Kier molecular flexibility index (Phi) is 3.62. The smallest absolute Gasteiger partial charge is 0.344 e. The fraction of sp³-hybridized carbons (Fsp3) is 0.250. The number of benzene rings is 2. The molecule has 0 saturated carbocycles. The second-order valence-electron chi connectivity index (χ2n) is 6.39. The molecule has 2 heterocycles. The molecule has 1 aliphatic rings. The fourth-order valence-corrected chi connectivity index (χ4v) is 3.06. The van der Waals surface area contributed by atoms with Gasteiger partial charge in [0.15, 0.2) is 0 Å². The Labute approximate surface area is 140 Å². The zero-order valence-corrected chi connectivity index (χ0v) is 13.8. The van der Waals surface area contributed by atoms with Gasteiger partial charge in [0.25, 0.3) is 0 Å². The molecular weight excluding hydrogens is 302 g/mol. The lowest BCUT2D eigenvalue weighted by Crippen LogP contribution is -2.37. The zero-order chi connectivity index (χ0) is 16.7. The molecule has 0 unspecified atom stereocenters. The fourth-order valence-electron chi connectivity index (χ4n) is 3.06. The standard InChI is InChI=1S/C20H19NO3/c1-13(2)21-11-17-18(23-12-21)9-8-15-10-16(20(22)24-19(15)17)14-6-4-3-5-7-14/h3-10,13H,11-12H2,1-2H3. The van der Waals surface area contributed by atoms with Crippen LogP contribution in [0.2, 0.25) is 0 Å². The predicted octanol–water partition coefficient (Wildman–Crippen LogP) is 4.02. The first-order chi connectivity index (χ1) is 11.6. The van der Waals surface area contributed by atoms with Crippen LogP contribution < -0.4 is 10.4 Å². The Morgan fingerprint density at radius 3 is 2.62 bits per heavy atom. The molecule has 122 valence electrons. The summed E-state index contributed by atoms with van der Waals surface area (Å²) in [6.45, 7) is 5.53.